The van der Waals surface area contributed by atoms with Crippen molar-refractivity contribution in [1.29, 1.82) is 0 Å². The van der Waals surface area contributed by atoms with Crippen LogP contribution in [0.3, 0.4) is 0 Å². The smallest absolute Gasteiger partial charge is 0.410 e. The van der Waals surface area contributed by atoms with Crippen LogP contribution >= 0.6 is 0 Å². The Morgan fingerprint density at radius 2 is 1.65 bits per heavy atom. The van der Waals surface area contributed by atoms with E-state index in [0.29, 0.717) is 11.7 Å². The van der Waals surface area contributed by atoms with Crippen molar-refractivity contribution in [1.82, 2.24) is 14.9 Å². The fraction of sp³-hybridized carbons (Fsp3) is 0.737. The molecule has 0 spiro atoms. The van der Waals surface area contributed by atoms with Crippen LogP contribution in [-0.4, -0.2) is 52.7 Å². The lowest BCUT2D eigenvalue weighted by atomic mass is 9.79. The van der Waals surface area contributed by atoms with Crippen LogP contribution in [0.4, 0.5) is 16.4 Å². The highest BCUT2D eigenvalue weighted by atomic mass is 16.6. The Morgan fingerprint density at radius 1 is 1.08 bits per heavy atom. The SMILES string of the molecule is CC(C)(C)OC(=O)N1CCC(C2CCN(c3cncc(N)n3)CC2)CC1. The van der Waals surface area contributed by atoms with E-state index in [1.165, 1.54) is 0 Å². The number of nitrogens with two attached hydrogens (primary N) is 1. The average Bonchev–Trinajstić information content (AvgIpc) is 2.61. The van der Waals surface area contributed by atoms with Crippen molar-refractivity contribution in [3.05, 3.63) is 12.4 Å². The van der Waals surface area contributed by atoms with Gasteiger partial charge in [0.2, 0.25) is 0 Å². The molecule has 3 rings (SSSR count). The Hall–Kier alpha value is -2.05. The first-order chi connectivity index (χ1) is 12.3. The fourth-order valence-electron chi connectivity index (χ4n) is 4.00. The van der Waals surface area contributed by atoms with Crippen molar-refractivity contribution < 1.29 is 9.53 Å². The number of piperidine rings is 2. The Morgan fingerprint density at radius 3 is 2.19 bits per heavy atom. The van der Waals surface area contributed by atoms with Crippen LogP contribution in [0.2, 0.25) is 0 Å². The summed E-state index contributed by atoms with van der Waals surface area (Å²) < 4.78 is 5.49. The van der Waals surface area contributed by atoms with Crippen LogP contribution in [0.15, 0.2) is 12.4 Å². The van der Waals surface area contributed by atoms with E-state index in [2.05, 4.69) is 14.9 Å². The summed E-state index contributed by atoms with van der Waals surface area (Å²) in [5.41, 5.74) is 5.32. The molecule has 7 heteroatoms. The van der Waals surface area contributed by atoms with Crippen LogP contribution in [0.1, 0.15) is 46.5 Å². The van der Waals surface area contributed by atoms with E-state index in [9.17, 15) is 4.79 Å². The Labute approximate surface area is 155 Å². The molecule has 1 amide bonds. The number of rotatable bonds is 2. The minimum absolute atomic E-state index is 0.175. The highest BCUT2D eigenvalue weighted by molar-refractivity contribution is 5.68. The molecular formula is C19H31N5O2. The van der Waals surface area contributed by atoms with E-state index < -0.39 is 5.60 Å². The number of nitrogen functional groups attached to an aromatic ring is 1. The van der Waals surface area contributed by atoms with Crippen molar-refractivity contribution in [2.24, 2.45) is 11.8 Å². The van der Waals surface area contributed by atoms with Gasteiger partial charge in [-0.3, -0.25) is 4.98 Å². The zero-order valence-corrected chi connectivity index (χ0v) is 16.1. The lowest BCUT2D eigenvalue weighted by Gasteiger charge is -2.40. The quantitative estimate of drug-likeness (QED) is 0.872. The maximum Gasteiger partial charge on any atom is 0.410 e. The molecule has 2 saturated heterocycles. The maximum absolute atomic E-state index is 12.2. The molecule has 1 aromatic rings. The molecule has 0 aliphatic carbocycles. The van der Waals surface area contributed by atoms with Crippen molar-refractivity contribution in [3.8, 4) is 0 Å². The number of anilines is 2. The van der Waals surface area contributed by atoms with Crippen LogP contribution in [0, 0.1) is 11.8 Å². The number of hydrogen-bond acceptors (Lipinski definition) is 6. The Bertz CT molecular complexity index is 615. The molecule has 2 fully saturated rings. The third-order valence-corrected chi connectivity index (χ3v) is 5.36. The first-order valence-electron chi connectivity index (χ1n) is 9.62. The zero-order valence-electron chi connectivity index (χ0n) is 16.1. The molecule has 2 aliphatic heterocycles. The molecule has 0 aromatic carbocycles. The van der Waals surface area contributed by atoms with E-state index in [1.54, 1.807) is 12.4 Å². The van der Waals surface area contributed by atoms with Gasteiger partial charge in [0, 0.05) is 26.2 Å². The number of carbonyl (C=O) groups is 1. The maximum atomic E-state index is 12.2. The number of likely N-dealkylation sites (tertiary alicyclic amines) is 1. The summed E-state index contributed by atoms with van der Waals surface area (Å²) in [5, 5.41) is 0. The Kier molecular flexibility index (Phi) is 5.53. The van der Waals surface area contributed by atoms with Gasteiger partial charge in [0.25, 0.3) is 0 Å². The second kappa shape index (κ2) is 7.68. The summed E-state index contributed by atoms with van der Waals surface area (Å²) in [6.07, 6.45) is 7.65. The monoisotopic (exact) mass is 361 g/mol. The molecular weight excluding hydrogens is 330 g/mol. The topological polar surface area (TPSA) is 84.6 Å². The number of ether oxygens (including phenoxy) is 1. The lowest BCUT2D eigenvalue weighted by Crippen LogP contribution is -2.44. The highest BCUT2D eigenvalue weighted by Crippen LogP contribution is 2.33. The van der Waals surface area contributed by atoms with Gasteiger partial charge in [-0.25, -0.2) is 9.78 Å². The number of hydrogen-bond donors (Lipinski definition) is 1. The van der Waals surface area contributed by atoms with Crippen LogP contribution < -0.4 is 10.6 Å². The molecule has 3 heterocycles. The van der Waals surface area contributed by atoms with Gasteiger partial charge >= 0.3 is 6.09 Å². The van der Waals surface area contributed by atoms with Crippen LogP contribution in [0.25, 0.3) is 0 Å². The molecule has 0 radical (unpaired) electrons. The van der Waals surface area contributed by atoms with Crippen molar-refractivity contribution in [2.75, 3.05) is 36.8 Å². The van der Waals surface area contributed by atoms with E-state index in [4.69, 9.17) is 10.5 Å². The van der Waals surface area contributed by atoms with Crippen LogP contribution in [0.5, 0.6) is 0 Å². The Balaban J connectivity index is 1.46. The van der Waals surface area contributed by atoms with Crippen molar-refractivity contribution in [3.63, 3.8) is 0 Å². The summed E-state index contributed by atoms with van der Waals surface area (Å²) in [7, 11) is 0. The molecule has 2 aliphatic rings. The van der Waals surface area contributed by atoms with Gasteiger partial charge in [-0.05, 0) is 58.3 Å². The number of amides is 1. The highest BCUT2D eigenvalue weighted by Gasteiger charge is 2.32. The summed E-state index contributed by atoms with van der Waals surface area (Å²) in [4.78, 5) is 24.8. The fourth-order valence-corrected chi connectivity index (χ4v) is 4.00. The molecule has 26 heavy (non-hydrogen) atoms. The zero-order chi connectivity index (χ0) is 18.7. The van der Waals surface area contributed by atoms with Gasteiger partial charge < -0.3 is 20.3 Å². The van der Waals surface area contributed by atoms with E-state index in [0.717, 1.165) is 63.6 Å². The second-order valence-corrected chi connectivity index (χ2v) is 8.43. The summed E-state index contributed by atoms with van der Waals surface area (Å²) in [5.74, 6) is 2.77. The van der Waals surface area contributed by atoms with Gasteiger partial charge in [-0.1, -0.05) is 0 Å². The normalized spacial score (nSPS) is 20.3. The minimum atomic E-state index is -0.426. The number of nitrogens with zero attached hydrogens (tertiary/aromatic N) is 4. The predicted molar refractivity (Wildman–Crippen MR) is 102 cm³/mol. The summed E-state index contributed by atoms with van der Waals surface area (Å²) in [6, 6.07) is 0. The van der Waals surface area contributed by atoms with Gasteiger partial charge in [0.05, 0.1) is 12.4 Å². The largest absolute Gasteiger partial charge is 0.444 e. The molecule has 0 unspecified atom stereocenters. The minimum Gasteiger partial charge on any atom is -0.444 e. The molecule has 0 saturated carbocycles. The van der Waals surface area contributed by atoms with Crippen molar-refractivity contribution in [2.45, 2.75) is 52.1 Å². The van der Waals surface area contributed by atoms with Crippen LogP contribution in [-0.2, 0) is 4.74 Å². The lowest BCUT2D eigenvalue weighted by molar-refractivity contribution is 0.0152. The first kappa shape index (κ1) is 18.7. The van der Waals surface area contributed by atoms with Gasteiger partial charge in [0.15, 0.2) is 0 Å². The molecule has 144 valence electrons. The van der Waals surface area contributed by atoms with Crippen molar-refractivity contribution >= 4 is 17.7 Å². The molecule has 0 bridgehead atoms. The second-order valence-electron chi connectivity index (χ2n) is 8.43. The first-order valence-corrected chi connectivity index (χ1v) is 9.62. The van der Waals surface area contributed by atoms with E-state index in [1.807, 2.05) is 25.7 Å². The third-order valence-electron chi connectivity index (χ3n) is 5.36. The number of carbonyl (C=O) groups excluding carboxylic acids is 1. The van der Waals surface area contributed by atoms with Gasteiger partial charge in [0.1, 0.15) is 17.2 Å². The average molecular weight is 361 g/mol. The molecule has 0 atom stereocenters. The van der Waals surface area contributed by atoms with E-state index >= 15 is 0 Å². The van der Waals surface area contributed by atoms with Gasteiger partial charge in [-0.15, -0.1) is 0 Å². The molecule has 7 nitrogen and oxygen atoms in total. The number of aromatic nitrogens is 2. The summed E-state index contributed by atoms with van der Waals surface area (Å²) in [6.45, 7) is 9.34. The molecule has 1 aromatic heterocycles. The third kappa shape index (κ3) is 4.77. The molecule has 2 N–H and O–H groups in total. The standard InChI is InChI=1S/C19H31N5O2/c1-19(2,3)26-18(25)24-10-6-15(7-11-24)14-4-8-23(9-5-14)17-13-21-12-16(20)22-17/h12-15H,4-11H2,1-3H3,(H2,20,22). The summed E-state index contributed by atoms with van der Waals surface area (Å²) >= 11 is 0. The van der Waals surface area contributed by atoms with Gasteiger partial charge in [-0.2, -0.15) is 0 Å². The van der Waals surface area contributed by atoms with E-state index in [-0.39, 0.29) is 6.09 Å². The predicted octanol–water partition coefficient (Wildman–Crippen LogP) is 2.92.